The Morgan fingerprint density at radius 3 is 2.09 bits per heavy atom. The third-order valence-corrected chi connectivity index (χ3v) is 1.50. The van der Waals surface area contributed by atoms with Gasteiger partial charge in [0.25, 0.3) is 0 Å². The summed E-state index contributed by atoms with van der Waals surface area (Å²) in [6.45, 7) is 7.26. The summed E-state index contributed by atoms with van der Waals surface area (Å²) in [4.78, 5) is 0. The fraction of sp³-hybridized carbons (Fsp3) is 0.625. The molecule has 1 rings (SSSR count). The van der Waals surface area contributed by atoms with Crippen LogP contribution < -0.4 is 0 Å². The van der Waals surface area contributed by atoms with E-state index in [2.05, 4.69) is 5.16 Å². The predicted octanol–water partition coefficient (Wildman–Crippen LogP) is 2.42. The number of nitrogens with zero attached hydrogens (tertiary/aromatic N) is 1. The molecule has 1 aromatic rings. The molecule has 0 aliphatic heterocycles. The lowest BCUT2D eigenvalue weighted by Crippen LogP contribution is -2.13. The molecule has 0 aromatic carbocycles. The molecule has 62 valence electrons. The van der Waals surface area contributed by atoms with Crippen molar-refractivity contribution in [3.8, 4) is 0 Å². The molecule has 0 bridgehead atoms. The quantitative estimate of drug-likeness (QED) is 0.578. The molecule has 2 nitrogen and oxygen atoms in total. The molecule has 0 atom stereocenters. The molecule has 0 fully saturated rings. The molecule has 0 saturated carbocycles. The molecule has 0 aliphatic carbocycles. The lowest BCUT2D eigenvalue weighted by molar-refractivity contribution is 0.374. The standard InChI is InChI=1S/C8H12FNO/c1-5-6(9)7(10-11-5)8(2,3)4/h1-4H3. The maximum Gasteiger partial charge on any atom is 0.189 e. The summed E-state index contributed by atoms with van der Waals surface area (Å²) in [6.07, 6.45) is 0. The third kappa shape index (κ3) is 1.42. The van der Waals surface area contributed by atoms with E-state index in [1.807, 2.05) is 20.8 Å². The van der Waals surface area contributed by atoms with Gasteiger partial charge in [0.05, 0.1) is 0 Å². The Hall–Kier alpha value is -0.860. The van der Waals surface area contributed by atoms with Gasteiger partial charge in [-0.3, -0.25) is 0 Å². The molecule has 1 aromatic heterocycles. The van der Waals surface area contributed by atoms with Gasteiger partial charge in [-0.05, 0) is 6.92 Å². The van der Waals surface area contributed by atoms with E-state index in [0.29, 0.717) is 5.69 Å². The lowest BCUT2D eigenvalue weighted by atomic mass is 9.92. The second kappa shape index (κ2) is 2.32. The Kier molecular flexibility index (Phi) is 1.74. The van der Waals surface area contributed by atoms with Crippen LogP contribution in [-0.2, 0) is 5.41 Å². The Morgan fingerprint density at radius 1 is 1.36 bits per heavy atom. The number of halogens is 1. The van der Waals surface area contributed by atoms with Crippen LogP contribution in [0.1, 0.15) is 32.2 Å². The number of aromatic nitrogens is 1. The Balaban J connectivity index is 3.15. The maximum atomic E-state index is 13.1. The first-order chi connectivity index (χ1) is 4.93. The van der Waals surface area contributed by atoms with Crippen molar-refractivity contribution in [3.05, 3.63) is 17.3 Å². The van der Waals surface area contributed by atoms with E-state index >= 15 is 0 Å². The van der Waals surface area contributed by atoms with Crippen molar-refractivity contribution in [2.45, 2.75) is 33.1 Å². The highest BCUT2D eigenvalue weighted by atomic mass is 19.1. The smallest absolute Gasteiger partial charge is 0.189 e. The Morgan fingerprint density at radius 2 is 1.91 bits per heavy atom. The monoisotopic (exact) mass is 157 g/mol. The lowest BCUT2D eigenvalue weighted by Gasteiger charge is -2.13. The van der Waals surface area contributed by atoms with Crippen molar-refractivity contribution in [2.75, 3.05) is 0 Å². The summed E-state index contributed by atoms with van der Waals surface area (Å²) in [5.74, 6) is -0.0626. The number of rotatable bonds is 0. The van der Waals surface area contributed by atoms with Gasteiger partial charge in [0.1, 0.15) is 5.69 Å². The average molecular weight is 157 g/mol. The third-order valence-electron chi connectivity index (χ3n) is 1.50. The summed E-state index contributed by atoms with van der Waals surface area (Å²) in [7, 11) is 0. The van der Waals surface area contributed by atoms with E-state index < -0.39 is 0 Å². The molecule has 0 radical (unpaired) electrons. The van der Waals surface area contributed by atoms with Gasteiger partial charge in [-0.25, -0.2) is 4.39 Å². The van der Waals surface area contributed by atoms with Crippen molar-refractivity contribution >= 4 is 0 Å². The molecule has 1 heterocycles. The topological polar surface area (TPSA) is 26.0 Å². The molecule has 0 amide bonds. The molecule has 0 N–H and O–H groups in total. The number of hydrogen-bond acceptors (Lipinski definition) is 2. The Bertz CT molecular complexity index is 260. The van der Waals surface area contributed by atoms with Crippen LogP contribution >= 0.6 is 0 Å². The summed E-state index contributed by atoms with van der Waals surface area (Å²) in [5.41, 5.74) is 0.122. The van der Waals surface area contributed by atoms with E-state index in [1.54, 1.807) is 6.92 Å². The summed E-state index contributed by atoms with van der Waals surface area (Å²) in [5, 5.41) is 3.64. The molecular weight excluding hydrogens is 145 g/mol. The van der Waals surface area contributed by atoms with E-state index in [1.165, 1.54) is 0 Å². The minimum atomic E-state index is -0.322. The largest absolute Gasteiger partial charge is 0.358 e. The average Bonchev–Trinajstić information content (AvgIpc) is 2.11. The molecule has 0 aliphatic rings. The van der Waals surface area contributed by atoms with Crippen LogP contribution in [0.5, 0.6) is 0 Å². The zero-order chi connectivity index (χ0) is 8.65. The van der Waals surface area contributed by atoms with Crippen molar-refractivity contribution in [3.63, 3.8) is 0 Å². The van der Waals surface area contributed by atoms with Crippen molar-refractivity contribution in [2.24, 2.45) is 0 Å². The SMILES string of the molecule is Cc1onc(C(C)(C)C)c1F. The Labute approximate surface area is 65.4 Å². The fourth-order valence-electron chi connectivity index (χ4n) is 0.827. The summed E-state index contributed by atoms with van der Waals surface area (Å²) in [6, 6.07) is 0. The van der Waals surface area contributed by atoms with Crippen molar-refractivity contribution in [1.82, 2.24) is 5.16 Å². The minimum absolute atomic E-state index is 0.259. The first kappa shape index (κ1) is 8.24. The predicted molar refractivity (Wildman–Crippen MR) is 39.9 cm³/mol. The van der Waals surface area contributed by atoms with Gasteiger partial charge in [0, 0.05) is 5.41 Å². The van der Waals surface area contributed by atoms with Crippen LogP contribution in [0.3, 0.4) is 0 Å². The number of hydrogen-bond donors (Lipinski definition) is 0. The molecule has 0 saturated heterocycles. The van der Waals surface area contributed by atoms with E-state index in [4.69, 9.17) is 4.52 Å². The van der Waals surface area contributed by atoms with Gasteiger partial charge < -0.3 is 4.52 Å². The van der Waals surface area contributed by atoms with Crippen LogP contribution in [0.15, 0.2) is 4.52 Å². The molecule has 0 unspecified atom stereocenters. The molecular formula is C8H12FNO. The second-order valence-electron chi connectivity index (χ2n) is 3.65. The van der Waals surface area contributed by atoms with Crippen molar-refractivity contribution < 1.29 is 8.91 Å². The van der Waals surface area contributed by atoms with E-state index in [9.17, 15) is 4.39 Å². The van der Waals surface area contributed by atoms with Gasteiger partial charge in [-0.15, -0.1) is 0 Å². The van der Waals surface area contributed by atoms with Crippen molar-refractivity contribution in [1.29, 1.82) is 0 Å². The van der Waals surface area contributed by atoms with E-state index in [-0.39, 0.29) is 17.0 Å². The molecule has 0 spiro atoms. The normalized spacial score (nSPS) is 12.1. The second-order valence-corrected chi connectivity index (χ2v) is 3.65. The highest BCUT2D eigenvalue weighted by molar-refractivity contribution is 5.15. The fourth-order valence-corrected chi connectivity index (χ4v) is 0.827. The summed E-state index contributed by atoms with van der Waals surface area (Å²) < 4.78 is 17.8. The van der Waals surface area contributed by atoms with E-state index in [0.717, 1.165) is 0 Å². The van der Waals surface area contributed by atoms with Crippen LogP contribution in [-0.4, -0.2) is 5.16 Å². The molecule has 11 heavy (non-hydrogen) atoms. The van der Waals surface area contributed by atoms with Gasteiger partial charge in [0.15, 0.2) is 11.6 Å². The zero-order valence-corrected chi connectivity index (χ0v) is 7.23. The number of aryl methyl sites for hydroxylation is 1. The van der Waals surface area contributed by atoms with Gasteiger partial charge >= 0.3 is 0 Å². The van der Waals surface area contributed by atoms with Crippen LogP contribution in [0.4, 0.5) is 4.39 Å². The maximum absolute atomic E-state index is 13.1. The minimum Gasteiger partial charge on any atom is -0.358 e. The summed E-state index contributed by atoms with van der Waals surface area (Å²) >= 11 is 0. The van der Waals surface area contributed by atoms with Crippen LogP contribution in [0.2, 0.25) is 0 Å². The zero-order valence-electron chi connectivity index (χ0n) is 7.23. The van der Waals surface area contributed by atoms with Gasteiger partial charge in [0.2, 0.25) is 0 Å². The van der Waals surface area contributed by atoms with Crippen LogP contribution in [0, 0.1) is 12.7 Å². The first-order valence-corrected chi connectivity index (χ1v) is 3.55. The van der Waals surface area contributed by atoms with Gasteiger partial charge in [-0.1, -0.05) is 25.9 Å². The highest BCUT2D eigenvalue weighted by Crippen LogP contribution is 2.24. The van der Waals surface area contributed by atoms with Crippen LogP contribution in [0.25, 0.3) is 0 Å². The van der Waals surface area contributed by atoms with Gasteiger partial charge in [-0.2, -0.15) is 0 Å². The highest BCUT2D eigenvalue weighted by Gasteiger charge is 2.24. The first-order valence-electron chi connectivity index (χ1n) is 3.55. The molecule has 3 heteroatoms.